The summed E-state index contributed by atoms with van der Waals surface area (Å²) in [6.07, 6.45) is 5.49. The second-order valence-corrected chi connectivity index (χ2v) is 5.70. The van der Waals surface area contributed by atoms with Crippen molar-refractivity contribution in [2.75, 3.05) is 0 Å². The number of aromatic carboxylic acids is 1. The predicted molar refractivity (Wildman–Crippen MR) is 61.9 cm³/mol. The highest BCUT2D eigenvalue weighted by molar-refractivity contribution is 7.81. The molecule has 1 N–H and O–H groups in total. The number of carboxylic acids is 1. The second-order valence-electron chi connectivity index (χ2n) is 4.62. The van der Waals surface area contributed by atoms with E-state index in [9.17, 15) is 4.79 Å². The van der Waals surface area contributed by atoms with Crippen LogP contribution in [0.5, 0.6) is 0 Å². The first-order valence-corrected chi connectivity index (χ1v) is 5.80. The second kappa shape index (κ2) is 4.08. The van der Waals surface area contributed by atoms with Crippen LogP contribution in [0.15, 0.2) is 6.20 Å². The third-order valence-electron chi connectivity index (χ3n) is 3.14. The van der Waals surface area contributed by atoms with Crippen molar-refractivity contribution in [3.05, 3.63) is 11.9 Å². The van der Waals surface area contributed by atoms with Crippen LogP contribution in [0.25, 0.3) is 0 Å². The zero-order valence-electron chi connectivity index (χ0n) is 9.13. The number of aromatic nitrogens is 3. The Morgan fingerprint density at radius 1 is 1.62 bits per heavy atom. The highest BCUT2D eigenvalue weighted by atomic mass is 32.1. The van der Waals surface area contributed by atoms with Crippen LogP contribution in [0, 0.1) is 0 Å². The summed E-state index contributed by atoms with van der Waals surface area (Å²) in [7, 11) is 0. The molecule has 1 aromatic rings. The Morgan fingerprint density at radius 2 is 2.25 bits per heavy atom. The average Bonchev–Trinajstić information content (AvgIpc) is 2.66. The molecule has 1 aliphatic rings. The average molecular weight is 241 g/mol. The Hall–Kier alpha value is -1.04. The van der Waals surface area contributed by atoms with Gasteiger partial charge < -0.3 is 5.11 Å². The van der Waals surface area contributed by atoms with Crippen molar-refractivity contribution < 1.29 is 9.90 Å². The summed E-state index contributed by atoms with van der Waals surface area (Å²) in [4.78, 5) is 10.7. The number of hydrogen-bond acceptors (Lipinski definition) is 4. The van der Waals surface area contributed by atoms with Gasteiger partial charge in [-0.3, -0.25) is 0 Å². The molecular formula is C10H15N3O2S. The fraction of sp³-hybridized carbons (Fsp3) is 0.700. The molecule has 0 aliphatic heterocycles. The molecule has 1 aromatic heterocycles. The van der Waals surface area contributed by atoms with Crippen LogP contribution in [-0.2, 0) is 0 Å². The molecule has 6 heteroatoms. The van der Waals surface area contributed by atoms with Crippen molar-refractivity contribution in [2.45, 2.75) is 43.4 Å². The van der Waals surface area contributed by atoms with Crippen LogP contribution >= 0.6 is 12.6 Å². The highest BCUT2D eigenvalue weighted by Crippen LogP contribution is 2.38. The zero-order chi connectivity index (χ0) is 11.8. The first-order valence-electron chi connectivity index (χ1n) is 5.35. The highest BCUT2D eigenvalue weighted by Gasteiger charge is 2.29. The molecule has 0 spiro atoms. The summed E-state index contributed by atoms with van der Waals surface area (Å²) in [5.41, 5.74) is 0.0132. The Morgan fingerprint density at radius 3 is 2.75 bits per heavy atom. The summed E-state index contributed by atoms with van der Waals surface area (Å²) in [6, 6.07) is 0.265. The number of hydrogen-bond donors (Lipinski definition) is 2. The number of carbonyl (C=O) groups is 1. The van der Waals surface area contributed by atoms with Gasteiger partial charge in [0.2, 0.25) is 0 Å². The number of rotatable bonds is 2. The maximum absolute atomic E-state index is 10.7. The molecule has 0 saturated heterocycles. The van der Waals surface area contributed by atoms with E-state index in [1.165, 1.54) is 6.20 Å². The molecular weight excluding hydrogens is 226 g/mol. The lowest BCUT2D eigenvalue weighted by Gasteiger charge is -2.33. The molecule has 0 unspecified atom stereocenters. The third-order valence-corrected chi connectivity index (χ3v) is 3.58. The van der Waals surface area contributed by atoms with Crippen LogP contribution in [0.3, 0.4) is 0 Å². The van der Waals surface area contributed by atoms with Crippen LogP contribution in [-0.4, -0.2) is 30.8 Å². The molecule has 1 saturated carbocycles. The fourth-order valence-electron chi connectivity index (χ4n) is 2.04. The molecule has 1 aliphatic carbocycles. The van der Waals surface area contributed by atoms with Gasteiger partial charge >= 0.3 is 5.97 Å². The summed E-state index contributed by atoms with van der Waals surface area (Å²) in [6.45, 7) is 2.14. The molecule has 0 bridgehead atoms. The van der Waals surface area contributed by atoms with E-state index in [1.54, 1.807) is 4.68 Å². The minimum atomic E-state index is -1.03. The minimum Gasteiger partial charge on any atom is -0.476 e. The Kier molecular flexibility index (Phi) is 2.92. The van der Waals surface area contributed by atoms with Gasteiger partial charge in [0, 0.05) is 4.75 Å². The minimum absolute atomic E-state index is 0.0132. The molecule has 0 aromatic carbocycles. The lowest BCUT2D eigenvalue weighted by molar-refractivity contribution is 0.0690. The smallest absolute Gasteiger partial charge is 0.358 e. The van der Waals surface area contributed by atoms with E-state index in [0.29, 0.717) is 0 Å². The quantitative estimate of drug-likeness (QED) is 0.774. The van der Waals surface area contributed by atoms with Gasteiger partial charge in [-0.05, 0) is 25.7 Å². The predicted octanol–water partition coefficient (Wildman–Crippen LogP) is 1.78. The van der Waals surface area contributed by atoms with Crippen molar-refractivity contribution in [1.29, 1.82) is 0 Å². The van der Waals surface area contributed by atoms with Gasteiger partial charge in [0.15, 0.2) is 5.69 Å². The fourth-order valence-corrected chi connectivity index (χ4v) is 2.30. The lowest BCUT2D eigenvalue weighted by Crippen LogP contribution is -2.26. The van der Waals surface area contributed by atoms with Crippen LogP contribution < -0.4 is 0 Å². The number of nitrogens with zero attached hydrogens (tertiary/aromatic N) is 3. The Labute approximate surface area is 99.3 Å². The number of thiol groups is 1. The van der Waals surface area contributed by atoms with Crippen molar-refractivity contribution in [2.24, 2.45) is 0 Å². The van der Waals surface area contributed by atoms with Crippen LogP contribution in [0.4, 0.5) is 0 Å². The molecule has 0 amide bonds. The largest absolute Gasteiger partial charge is 0.476 e. The number of carboxylic acid groups (broad SMARTS) is 1. The van der Waals surface area contributed by atoms with Gasteiger partial charge in [-0.25, -0.2) is 9.48 Å². The van der Waals surface area contributed by atoms with Crippen molar-refractivity contribution in [3.8, 4) is 0 Å². The van der Waals surface area contributed by atoms with E-state index >= 15 is 0 Å². The molecule has 5 nitrogen and oxygen atoms in total. The molecule has 0 radical (unpaired) electrons. The van der Waals surface area contributed by atoms with E-state index < -0.39 is 5.97 Å². The Bertz CT molecular complexity index is 393. The lowest BCUT2D eigenvalue weighted by atomic mass is 9.86. The summed E-state index contributed by atoms with van der Waals surface area (Å²) >= 11 is 4.57. The topological polar surface area (TPSA) is 68.0 Å². The van der Waals surface area contributed by atoms with E-state index in [4.69, 9.17) is 5.11 Å². The monoisotopic (exact) mass is 241 g/mol. The summed E-state index contributed by atoms with van der Waals surface area (Å²) < 4.78 is 1.78. The normalized spacial score (nSPS) is 30.2. The van der Waals surface area contributed by atoms with Gasteiger partial charge in [-0.2, -0.15) is 12.6 Å². The van der Waals surface area contributed by atoms with Crippen molar-refractivity contribution in [1.82, 2.24) is 15.0 Å². The van der Waals surface area contributed by atoms with E-state index in [1.807, 2.05) is 0 Å². The van der Waals surface area contributed by atoms with E-state index in [0.717, 1.165) is 25.7 Å². The van der Waals surface area contributed by atoms with Crippen molar-refractivity contribution in [3.63, 3.8) is 0 Å². The zero-order valence-corrected chi connectivity index (χ0v) is 10.0. The van der Waals surface area contributed by atoms with Gasteiger partial charge in [0.1, 0.15) is 0 Å². The standard InChI is InChI=1S/C10H15N3O2S/c1-10(16)4-2-7(3-5-10)13-6-8(9(14)15)11-12-13/h6-7,16H,2-5H2,1H3,(H,14,15). The third kappa shape index (κ3) is 2.37. The SMILES string of the molecule is CC1(S)CCC(n2cc(C(=O)O)nn2)CC1. The van der Waals surface area contributed by atoms with Crippen LogP contribution in [0.2, 0.25) is 0 Å². The molecule has 88 valence electrons. The molecule has 1 heterocycles. The van der Waals surface area contributed by atoms with Crippen molar-refractivity contribution >= 4 is 18.6 Å². The van der Waals surface area contributed by atoms with Gasteiger partial charge in [0.25, 0.3) is 0 Å². The first kappa shape index (κ1) is 11.4. The molecule has 16 heavy (non-hydrogen) atoms. The Balaban J connectivity index is 2.05. The molecule has 2 rings (SSSR count). The summed E-state index contributed by atoms with van der Waals surface area (Å²) in [5, 5.41) is 16.2. The van der Waals surface area contributed by atoms with Gasteiger partial charge in [-0.1, -0.05) is 12.1 Å². The maximum atomic E-state index is 10.7. The van der Waals surface area contributed by atoms with Gasteiger partial charge in [-0.15, -0.1) is 5.10 Å². The molecule has 1 fully saturated rings. The summed E-state index contributed by atoms with van der Waals surface area (Å²) in [5.74, 6) is -1.03. The maximum Gasteiger partial charge on any atom is 0.358 e. The first-order chi connectivity index (χ1) is 7.48. The van der Waals surface area contributed by atoms with E-state index in [2.05, 4.69) is 29.9 Å². The van der Waals surface area contributed by atoms with E-state index in [-0.39, 0.29) is 16.5 Å². The molecule has 0 atom stereocenters. The van der Waals surface area contributed by atoms with Crippen LogP contribution in [0.1, 0.15) is 49.1 Å². The van der Waals surface area contributed by atoms with Gasteiger partial charge in [0.05, 0.1) is 12.2 Å².